The van der Waals surface area contributed by atoms with E-state index in [0.717, 1.165) is 23.2 Å². The van der Waals surface area contributed by atoms with Gasteiger partial charge in [0.1, 0.15) is 5.82 Å². The molecule has 0 fully saturated rings. The molecule has 1 heterocycles. The smallest absolute Gasteiger partial charge is 0.269 e. The van der Waals surface area contributed by atoms with Gasteiger partial charge in [0.15, 0.2) is 0 Å². The minimum Gasteiger partial charge on any atom is -0.378 e. The van der Waals surface area contributed by atoms with Crippen LogP contribution in [0, 0.1) is 21.8 Å². The summed E-state index contributed by atoms with van der Waals surface area (Å²) in [5.41, 5.74) is 3.03. The number of nitrogens with zero attached hydrogens (tertiary/aromatic N) is 1. The Bertz CT molecular complexity index is 801. The van der Waals surface area contributed by atoms with E-state index in [2.05, 4.69) is 17.5 Å². The predicted molar refractivity (Wildman–Crippen MR) is 85.8 cm³/mol. The van der Waals surface area contributed by atoms with Gasteiger partial charge in [-0.25, -0.2) is 4.39 Å². The first-order chi connectivity index (χ1) is 11.1. The van der Waals surface area contributed by atoms with Gasteiger partial charge in [0, 0.05) is 23.7 Å². The standard InChI is InChI=1S/C18H15FN2O2/c19-12-6-9-17-16(10-12)14-2-1-3-15(14)18(20-17)11-4-7-13(8-5-11)21(22)23/h1-2,4-10,14-15,18,20H,3H2/t14-,15-,18+/m1/s1. The summed E-state index contributed by atoms with van der Waals surface area (Å²) in [7, 11) is 0. The van der Waals surface area contributed by atoms with Gasteiger partial charge in [0.2, 0.25) is 0 Å². The Morgan fingerprint density at radius 3 is 2.70 bits per heavy atom. The van der Waals surface area contributed by atoms with Gasteiger partial charge in [0.25, 0.3) is 5.69 Å². The molecule has 1 aliphatic heterocycles. The van der Waals surface area contributed by atoms with E-state index in [4.69, 9.17) is 0 Å². The first-order valence-corrected chi connectivity index (χ1v) is 7.60. The largest absolute Gasteiger partial charge is 0.378 e. The fraction of sp³-hybridized carbons (Fsp3) is 0.222. The molecular weight excluding hydrogens is 295 g/mol. The molecule has 0 radical (unpaired) electrons. The lowest BCUT2D eigenvalue weighted by Crippen LogP contribution is -2.29. The Morgan fingerprint density at radius 1 is 1.17 bits per heavy atom. The molecule has 0 spiro atoms. The van der Waals surface area contributed by atoms with E-state index in [1.54, 1.807) is 24.3 Å². The third-order valence-corrected chi connectivity index (χ3v) is 4.79. The number of rotatable bonds is 2. The van der Waals surface area contributed by atoms with Crippen LogP contribution in [0.4, 0.5) is 15.8 Å². The molecule has 0 bridgehead atoms. The molecule has 2 aliphatic rings. The first kappa shape index (κ1) is 13.9. The van der Waals surface area contributed by atoms with Gasteiger partial charge in [-0.05, 0) is 41.7 Å². The number of halogens is 1. The summed E-state index contributed by atoms with van der Waals surface area (Å²) in [6, 6.07) is 11.6. The molecule has 0 saturated heterocycles. The SMILES string of the molecule is O=[N+]([O-])c1ccc([C@@H]2Nc3ccc(F)cc3[C@@H]3C=CC[C@H]32)cc1. The van der Waals surface area contributed by atoms with Crippen LogP contribution in [-0.4, -0.2) is 4.92 Å². The number of allylic oxidation sites excluding steroid dienone is 2. The maximum absolute atomic E-state index is 13.6. The second kappa shape index (κ2) is 5.19. The molecule has 1 aliphatic carbocycles. The number of fused-ring (bicyclic) bond motifs is 3. The number of non-ortho nitro benzene ring substituents is 1. The maximum Gasteiger partial charge on any atom is 0.269 e. The normalized spacial score (nSPS) is 24.7. The third kappa shape index (κ3) is 2.29. The number of nitrogens with one attached hydrogen (secondary N) is 1. The van der Waals surface area contributed by atoms with Gasteiger partial charge in [-0.2, -0.15) is 0 Å². The van der Waals surface area contributed by atoms with Crippen molar-refractivity contribution in [2.75, 3.05) is 5.32 Å². The lowest BCUT2D eigenvalue weighted by atomic mass is 9.77. The quantitative estimate of drug-likeness (QED) is 0.502. The van der Waals surface area contributed by atoms with Crippen LogP contribution in [0.1, 0.15) is 29.5 Å². The van der Waals surface area contributed by atoms with Gasteiger partial charge < -0.3 is 5.32 Å². The van der Waals surface area contributed by atoms with Crippen molar-refractivity contribution in [2.24, 2.45) is 5.92 Å². The average Bonchev–Trinajstić information content (AvgIpc) is 3.04. The van der Waals surface area contributed by atoms with Crippen molar-refractivity contribution in [3.8, 4) is 0 Å². The highest BCUT2D eigenvalue weighted by molar-refractivity contribution is 5.60. The van der Waals surface area contributed by atoms with Crippen molar-refractivity contribution in [2.45, 2.75) is 18.4 Å². The molecule has 5 heteroatoms. The van der Waals surface area contributed by atoms with Crippen LogP contribution >= 0.6 is 0 Å². The Morgan fingerprint density at radius 2 is 1.96 bits per heavy atom. The summed E-state index contributed by atoms with van der Waals surface area (Å²) in [5.74, 6) is 0.256. The van der Waals surface area contributed by atoms with E-state index in [1.165, 1.54) is 18.2 Å². The predicted octanol–water partition coefficient (Wildman–Crippen LogP) is 4.56. The molecule has 4 nitrogen and oxygen atoms in total. The summed E-state index contributed by atoms with van der Waals surface area (Å²) >= 11 is 0. The fourth-order valence-electron chi connectivity index (χ4n) is 3.70. The van der Waals surface area contributed by atoms with Crippen LogP contribution in [-0.2, 0) is 0 Å². The van der Waals surface area contributed by atoms with Crippen LogP contribution in [0.2, 0.25) is 0 Å². The monoisotopic (exact) mass is 310 g/mol. The molecule has 0 unspecified atom stereocenters. The molecule has 0 saturated carbocycles. The molecule has 0 aromatic heterocycles. The molecule has 23 heavy (non-hydrogen) atoms. The zero-order valence-corrected chi connectivity index (χ0v) is 12.3. The van der Waals surface area contributed by atoms with Crippen molar-refractivity contribution < 1.29 is 9.31 Å². The molecule has 3 atom stereocenters. The molecule has 2 aromatic rings. The van der Waals surface area contributed by atoms with Crippen LogP contribution in [0.5, 0.6) is 0 Å². The highest BCUT2D eigenvalue weighted by Gasteiger charge is 2.38. The zero-order chi connectivity index (χ0) is 16.0. The van der Waals surface area contributed by atoms with Crippen LogP contribution in [0.15, 0.2) is 54.6 Å². The first-order valence-electron chi connectivity index (χ1n) is 7.60. The minimum absolute atomic E-state index is 0.0637. The van der Waals surface area contributed by atoms with E-state index in [-0.39, 0.29) is 23.5 Å². The van der Waals surface area contributed by atoms with Gasteiger partial charge in [-0.3, -0.25) is 10.1 Å². The number of nitro benzene ring substituents is 1. The molecule has 0 amide bonds. The lowest BCUT2D eigenvalue weighted by Gasteiger charge is -2.37. The number of nitro groups is 1. The summed E-state index contributed by atoms with van der Waals surface area (Å²) in [6.45, 7) is 0. The minimum atomic E-state index is -0.393. The van der Waals surface area contributed by atoms with Crippen molar-refractivity contribution in [1.29, 1.82) is 0 Å². The van der Waals surface area contributed by atoms with Crippen molar-refractivity contribution in [3.05, 3.63) is 81.7 Å². The van der Waals surface area contributed by atoms with E-state index >= 15 is 0 Å². The van der Waals surface area contributed by atoms with Gasteiger partial charge >= 0.3 is 0 Å². The Hall–Kier alpha value is -2.69. The summed E-state index contributed by atoms with van der Waals surface area (Å²) < 4.78 is 13.6. The average molecular weight is 310 g/mol. The van der Waals surface area contributed by atoms with Crippen molar-refractivity contribution in [1.82, 2.24) is 0 Å². The highest BCUT2D eigenvalue weighted by Crippen LogP contribution is 2.49. The van der Waals surface area contributed by atoms with Crippen molar-refractivity contribution >= 4 is 11.4 Å². The summed E-state index contributed by atoms with van der Waals surface area (Å²) in [6.07, 6.45) is 5.19. The van der Waals surface area contributed by atoms with E-state index in [9.17, 15) is 14.5 Å². The number of anilines is 1. The van der Waals surface area contributed by atoms with E-state index in [1.807, 2.05) is 0 Å². The van der Waals surface area contributed by atoms with E-state index in [0.29, 0.717) is 5.92 Å². The molecule has 4 rings (SSSR count). The topological polar surface area (TPSA) is 55.2 Å². The fourth-order valence-corrected chi connectivity index (χ4v) is 3.70. The van der Waals surface area contributed by atoms with Crippen LogP contribution in [0.25, 0.3) is 0 Å². The van der Waals surface area contributed by atoms with Crippen LogP contribution in [0.3, 0.4) is 0 Å². The molecule has 1 N–H and O–H groups in total. The Labute approximate surface area is 132 Å². The number of benzene rings is 2. The number of hydrogen-bond acceptors (Lipinski definition) is 3. The summed E-state index contributed by atoms with van der Waals surface area (Å²) in [5, 5.41) is 14.3. The third-order valence-electron chi connectivity index (χ3n) is 4.79. The van der Waals surface area contributed by atoms with Gasteiger partial charge in [-0.15, -0.1) is 0 Å². The highest BCUT2D eigenvalue weighted by atomic mass is 19.1. The van der Waals surface area contributed by atoms with Crippen molar-refractivity contribution in [3.63, 3.8) is 0 Å². The maximum atomic E-state index is 13.6. The summed E-state index contributed by atoms with van der Waals surface area (Å²) in [4.78, 5) is 10.4. The second-order valence-corrected chi connectivity index (χ2v) is 6.06. The van der Waals surface area contributed by atoms with Crippen LogP contribution < -0.4 is 5.32 Å². The Kier molecular flexibility index (Phi) is 3.15. The number of hydrogen-bond donors (Lipinski definition) is 1. The molecule has 116 valence electrons. The Balaban J connectivity index is 1.73. The zero-order valence-electron chi connectivity index (χ0n) is 12.3. The van der Waals surface area contributed by atoms with Gasteiger partial charge in [0.05, 0.1) is 11.0 Å². The molecule has 2 aromatic carbocycles. The lowest BCUT2D eigenvalue weighted by molar-refractivity contribution is -0.384. The second-order valence-electron chi connectivity index (χ2n) is 6.06. The molecular formula is C18H15FN2O2. The van der Waals surface area contributed by atoms with E-state index < -0.39 is 4.92 Å². The van der Waals surface area contributed by atoms with Gasteiger partial charge in [-0.1, -0.05) is 24.3 Å².